The van der Waals surface area contributed by atoms with E-state index in [9.17, 15) is 4.79 Å². The number of anilines is 1. The first-order valence-corrected chi connectivity index (χ1v) is 7.56. The first kappa shape index (κ1) is 15.8. The number of Topliss-reactive ketones (excluding diaryl/α,β-unsaturated/α-hetero) is 1. The largest absolute Gasteiger partial charge is 0.492 e. The number of likely N-dealkylation sites (N-methyl/N-ethyl adjacent to an activating group) is 1. The van der Waals surface area contributed by atoms with Gasteiger partial charge in [-0.15, -0.1) is 0 Å². The van der Waals surface area contributed by atoms with Crippen molar-refractivity contribution in [3.8, 4) is 5.75 Å². The quantitative estimate of drug-likeness (QED) is 0.635. The molecule has 0 spiro atoms. The van der Waals surface area contributed by atoms with Gasteiger partial charge in [-0.1, -0.05) is 0 Å². The number of rotatable bonds is 6. The van der Waals surface area contributed by atoms with E-state index in [4.69, 9.17) is 10.5 Å². The van der Waals surface area contributed by atoms with Crippen molar-refractivity contribution in [2.75, 3.05) is 52.1 Å². The molecule has 5 heteroatoms. The number of carbonyl (C=O) groups is 1. The van der Waals surface area contributed by atoms with Gasteiger partial charge in [0.15, 0.2) is 5.78 Å². The van der Waals surface area contributed by atoms with Gasteiger partial charge in [-0.25, -0.2) is 0 Å². The predicted molar refractivity (Wildman–Crippen MR) is 84.9 cm³/mol. The van der Waals surface area contributed by atoms with Gasteiger partial charge >= 0.3 is 0 Å². The second-order valence-corrected chi connectivity index (χ2v) is 5.50. The van der Waals surface area contributed by atoms with Crippen molar-refractivity contribution < 1.29 is 9.53 Å². The summed E-state index contributed by atoms with van der Waals surface area (Å²) in [6, 6.07) is 5.30. The number of ether oxygens (including phenoxy) is 1. The van der Waals surface area contributed by atoms with Gasteiger partial charge in [0.05, 0.1) is 12.3 Å². The van der Waals surface area contributed by atoms with Gasteiger partial charge in [0.2, 0.25) is 0 Å². The van der Waals surface area contributed by atoms with Gasteiger partial charge in [0, 0.05) is 44.7 Å². The summed E-state index contributed by atoms with van der Waals surface area (Å²) in [6.07, 6.45) is 0.539. The minimum Gasteiger partial charge on any atom is -0.492 e. The van der Waals surface area contributed by atoms with Crippen molar-refractivity contribution >= 4 is 11.5 Å². The number of nitrogen functional groups attached to an aromatic ring is 1. The standard InChI is InChI=1S/C16H25N3O2/c1-3-21-16-5-4-13(12-14(16)17)15(20)6-7-19-10-8-18(2)9-11-19/h4-5,12H,3,6-11,17H2,1-2H3. The van der Waals surface area contributed by atoms with Crippen LogP contribution >= 0.6 is 0 Å². The third-order valence-electron chi connectivity index (χ3n) is 3.88. The van der Waals surface area contributed by atoms with E-state index in [0.29, 0.717) is 30.0 Å². The maximum atomic E-state index is 12.2. The summed E-state index contributed by atoms with van der Waals surface area (Å²) < 4.78 is 5.39. The number of nitrogens with zero attached hydrogens (tertiary/aromatic N) is 2. The molecule has 1 saturated heterocycles. The Balaban J connectivity index is 1.87. The number of benzene rings is 1. The van der Waals surface area contributed by atoms with E-state index in [1.54, 1.807) is 18.2 Å². The maximum Gasteiger partial charge on any atom is 0.164 e. The van der Waals surface area contributed by atoms with Crippen LogP contribution in [-0.2, 0) is 0 Å². The molecule has 5 nitrogen and oxygen atoms in total. The number of hydrogen-bond acceptors (Lipinski definition) is 5. The van der Waals surface area contributed by atoms with E-state index in [1.165, 1.54) is 0 Å². The van der Waals surface area contributed by atoms with E-state index in [0.717, 1.165) is 32.7 Å². The van der Waals surface area contributed by atoms with Crippen LogP contribution in [0.15, 0.2) is 18.2 Å². The predicted octanol–water partition coefficient (Wildman–Crippen LogP) is 1.49. The van der Waals surface area contributed by atoms with E-state index in [1.807, 2.05) is 6.92 Å². The van der Waals surface area contributed by atoms with Crippen molar-refractivity contribution in [2.45, 2.75) is 13.3 Å². The molecule has 2 rings (SSSR count). The van der Waals surface area contributed by atoms with Gasteiger partial charge in [0.1, 0.15) is 5.75 Å². The van der Waals surface area contributed by atoms with Crippen molar-refractivity contribution in [1.82, 2.24) is 9.80 Å². The summed E-state index contributed by atoms with van der Waals surface area (Å²) in [4.78, 5) is 16.9. The second-order valence-electron chi connectivity index (χ2n) is 5.50. The number of hydrogen-bond donors (Lipinski definition) is 1. The highest BCUT2D eigenvalue weighted by molar-refractivity contribution is 5.97. The number of ketones is 1. The van der Waals surface area contributed by atoms with E-state index >= 15 is 0 Å². The summed E-state index contributed by atoms with van der Waals surface area (Å²) in [5, 5.41) is 0. The molecule has 116 valence electrons. The number of piperazine rings is 1. The zero-order chi connectivity index (χ0) is 15.2. The normalized spacial score (nSPS) is 16.9. The molecule has 1 aliphatic rings. The lowest BCUT2D eigenvalue weighted by Crippen LogP contribution is -2.45. The molecule has 0 aromatic heterocycles. The molecular weight excluding hydrogens is 266 g/mol. The zero-order valence-corrected chi connectivity index (χ0v) is 13.0. The van der Waals surface area contributed by atoms with Crippen molar-refractivity contribution in [2.24, 2.45) is 0 Å². The van der Waals surface area contributed by atoms with Crippen molar-refractivity contribution in [3.63, 3.8) is 0 Å². The molecule has 1 aromatic rings. The maximum absolute atomic E-state index is 12.2. The molecule has 0 radical (unpaired) electrons. The Morgan fingerprint density at radius 2 is 2.00 bits per heavy atom. The molecule has 2 N–H and O–H groups in total. The topological polar surface area (TPSA) is 58.8 Å². The van der Waals surface area contributed by atoms with Crippen LogP contribution in [0.25, 0.3) is 0 Å². The molecule has 0 aliphatic carbocycles. The average molecular weight is 291 g/mol. The molecule has 1 aliphatic heterocycles. The first-order chi connectivity index (χ1) is 10.1. The Labute approximate surface area is 126 Å². The molecule has 0 bridgehead atoms. The van der Waals surface area contributed by atoms with Crippen molar-refractivity contribution in [1.29, 1.82) is 0 Å². The fourth-order valence-electron chi connectivity index (χ4n) is 2.48. The average Bonchev–Trinajstić information content (AvgIpc) is 2.48. The first-order valence-electron chi connectivity index (χ1n) is 7.56. The summed E-state index contributed by atoms with van der Waals surface area (Å²) in [7, 11) is 2.13. The van der Waals surface area contributed by atoms with Gasteiger partial charge in [0.25, 0.3) is 0 Å². The van der Waals surface area contributed by atoms with Crippen molar-refractivity contribution in [3.05, 3.63) is 23.8 Å². The van der Waals surface area contributed by atoms with E-state index in [-0.39, 0.29) is 5.78 Å². The fourth-order valence-corrected chi connectivity index (χ4v) is 2.48. The lowest BCUT2D eigenvalue weighted by Gasteiger charge is -2.32. The van der Waals surface area contributed by atoms with Gasteiger partial charge < -0.3 is 20.3 Å². The molecule has 0 atom stereocenters. The second kappa shape index (κ2) is 7.43. The van der Waals surface area contributed by atoms with Crippen LogP contribution in [0.2, 0.25) is 0 Å². The van der Waals surface area contributed by atoms with Gasteiger partial charge in [-0.05, 0) is 32.2 Å². The molecule has 1 fully saturated rings. The smallest absolute Gasteiger partial charge is 0.164 e. The van der Waals surface area contributed by atoms with E-state index in [2.05, 4.69) is 16.8 Å². The fraction of sp³-hybridized carbons (Fsp3) is 0.562. The highest BCUT2D eigenvalue weighted by Crippen LogP contribution is 2.23. The highest BCUT2D eigenvalue weighted by atomic mass is 16.5. The van der Waals surface area contributed by atoms with Crippen LogP contribution < -0.4 is 10.5 Å². The van der Waals surface area contributed by atoms with Gasteiger partial charge in [-0.2, -0.15) is 0 Å². The molecule has 0 saturated carbocycles. The Morgan fingerprint density at radius 3 is 2.62 bits per heavy atom. The van der Waals surface area contributed by atoms with Crippen LogP contribution in [-0.4, -0.2) is 62.0 Å². The Bertz CT molecular complexity index is 482. The third kappa shape index (κ3) is 4.44. The summed E-state index contributed by atoms with van der Waals surface area (Å²) in [5.74, 6) is 0.789. The molecule has 1 aromatic carbocycles. The van der Waals surface area contributed by atoms with Crippen LogP contribution in [0.5, 0.6) is 5.75 Å². The zero-order valence-electron chi connectivity index (χ0n) is 13.0. The van der Waals surface area contributed by atoms with Crippen LogP contribution in [0, 0.1) is 0 Å². The van der Waals surface area contributed by atoms with E-state index < -0.39 is 0 Å². The number of carbonyl (C=O) groups excluding carboxylic acids is 1. The summed E-state index contributed by atoms with van der Waals surface area (Å²) in [6.45, 7) is 7.52. The third-order valence-corrected chi connectivity index (χ3v) is 3.88. The summed E-state index contributed by atoms with van der Waals surface area (Å²) in [5.41, 5.74) is 7.11. The van der Waals surface area contributed by atoms with Crippen LogP contribution in [0.1, 0.15) is 23.7 Å². The molecular formula is C16H25N3O2. The lowest BCUT2D eigenvalue weighted by molar-refractivity contribution is 0.0942. The lowest BCUT2D eigenvalue weighted by atomic mass is 10.1. The Morgan fingerprint density at radius 1 is 1.29 bits per heavy atom. The molecule has 1 heterocycles. The number of nitrogens with two attached hydrogens (primary N) is 1. The Hall–Kier alpha value is -1.59. The Kier molecular flexibility index (Phi) is 5.59. The SMILES string of the molecule is CCOc1ccc(C(=O)CCN2CCN(C)CC2)cc1N. The monoisotopic (exact) mass is 291 g/mol. The minimum atomic E-state index is 0.142. The van der Waals surface area contributed by atoms with Crippen LogP contribution in [0.4, 0.5) is 5.69 Å². The molecule has 0 unspecified atom stereocenters. The molecule has 0 amide bonds. The van der Waals surface area contributed by atoms with Gasteiger partial charge in [-0.3, -0.25) is 4.79 Å². The minimum absolute atomic E-state index is 0.142. The van der Waals surface area contributed by atoms with Crippen LogP contribution in [0.3, 0.4) is 0 Å². The summed E-state index contributed by atoms with van der Waals surface area (Å²) >= 11 is 0. The highest BCUT2D eigenvalue weighted by Gasteiger charge is 2.15. The molecule has 21 heavy (non-hydrogen) atoms.